The number of nitrogens with one attached hydrogen (secondary N) is 1. The van der Waals surface area contributed by atoms with Gasteiger partial charge in [-0.05, 0) is 32.5 Å². The average Bonchev–Trinajstić information content (AvgIpc) is 2.81. The van der Waals surface area contributed by atoms with Gasteiger partial charge in [0.2, 0.25) is 0 Å². The maximum atomic E-state index is 13.9. The Balaban J connectivity index is 2.40. The molecule has 0 bridgehead atoms. The molecule has 0 aliphatic heterocycles. The van der Waals surface area contributed by atoms with Crippen molar-refractivity contribution in [3.8, 4) is 10.6 Å². The van der Waals surface area contributed by atoms with E-state index in [4.69, 9.17) is 0 Å². The summed E-state index contributed by atoms with van der Waals surface area (Å²) in [5, 5.41) is 3.89. The second-order valence-corrected chi connectivity index (χ2v) is 5.08. The first kappa shape index (κ1) is 12.2. The number of rotatable bonds is 3. The molecule has 1 N–H and O–H groups in total. The normalized spacial score (nSPS) is 12.7. The summed E-state index contributed by atoms with van der Waals surface area (Å²) in [5.41, 5.74) is 1.24. The molecule has 2 rings (SSSR count). The number of hydrogen-bond acceptors (Lipinski definition) is 3. The van der Waals surface area contributed by atoms with Gasteiger partial charge in [-0.15, -0.1) is 11.3 Å². The highest BCUT2D eigenvalue weighted by atomic mass is 32.1. The standard InChI is InChI=1S/C13H15FN2S/c1-8-5-4-6-10(12(8)14)13-16-7-11(17-13)9(2)15-3/h4-7,9,15H,1-3H3. The van der Waals surface area contributed by atoms with E-state index in [-0.39, 0.29) is 11.9 Å². The first-order valence-electron chi connectivity index (χ1n) is 5.52. The molecule has 0 aliphatic rings. The lowest BCUT2D eigenvalue weighted by molar-refractivity contribution is 0.622. The summed E-state index contributed by atoms with van der Waals surface area (Å²) in [7, 11) is 1.90. The van der Waals surface area contributed by atoms with Crippen molar-refractivity contribution in [2.75, 3.05) is 7.05 Å². The van der Waals surface area contributed by atoms with Crippen LogP contribution in [-0.4, -0.2) is 12.0 Å². The maximum Gasteiger partial charge on any atom is 0.136 e. The first-order valence-corrected chi connectivity index (χ1v) is 6.33. The summed E-state index contributed by atoms with van der Waals surface area (Å²) in [6.07, 6.45) is 1.81. The average molecular weight is 250 g/mol. The SMILES string of the molecule is CNC(C)c1cnc(-c2cccc(C)c2F)s1. The molecule has 0 saturated carbocycles. The minimum Gasteiger partial charge on any atom is -0.312 e. The topological polar surface area (TPSA) is 24.9 Å². The predicted molar refractivity (Wildman–Crippen MR) is 69.7 cm³/mol. The number of thiazole rings is 1. The molecule has 0 amide bonds. The van der Waals surface area contributed by atoms with Gasteiger partial charge >= 0.3 is 0 Å². The van der Waals surface area contributed by atoms with Crippen molar-refractivity contribution < 1.29 is 4.39 Å². The van der Waals surface area contributed by atoms with Crippen LogP contribution in [0.1, 0.15) is 23.4 Å². The van der Waals surface area contributed by atoms with Gasteiger partial charge in [0.05, 0.1) is 0 Å². The van der Waals surface area contributed by atoms with E-state index >= 15 is 0 Å². The van der Waals surface area contributed by atoms with Gasteiger partial charge in [0.15, 0.2) is 0 Å². The van der Waals surface area contributed by atoms with E-state index in [0.717, 1.165) is 9.88 Å². The molecule has 4 heteroatoms. The minimum absolute atomic E-state index is 0.175. The predicted octanol–water partition coefficient (Wildman–Crippen LogP) is 3.54. The molecule has 1 unspecified atom stereocenters. The Labute approximate surface area is 105 Å². The van der Waals surface area contributed by atoms with Crippen molar-refractivity contribution in [2.45, 2.75) is 19.9 Å². The van der Waals surface area contributed by atoms with E-state index in [1.807, 2.05) is 19.3 Å². The highest BCUT2D eigenvalue weighted by Crippen LogP contribution is 2.31. The summed E-state index contributed by atoms with van der Waals surface area (Å²) >= 11 is 1.53. The Morgan fingerprint density at radius 2 is 2.18 bits per heavy atom. The lowest BCUT2D eigenvalue weighted by Crippen LogP contribution is -2.10. The van der Waals surface area contributed by atoms with Gasteiger partial charge in [-0.3, -0.25) is 0 Å². The van der Waals surface area contributed by atoms with Crippen molar-refractivity contribution in [3.63, 3.8) is 0 Å². The molecule has 2 aromatic rings. The van der Waals surface area contributed by atoms with Gasteiger partial charge in [-0.25, -0.2) is 9.37 Å². The highest BCUT2D eigenvalue weighted by molar-refractivity contribution is 7.15. The van der Waals surface area contributed by atoms with Gasteiger partial charge in [-0.2, -0.15) is 0 Å². The molecule has 0 saturated heterocycles. The van der Waals surface area contributed by atoms with Gasteiger partial charge in [0.25, 0.3) is 0 Å². The maximum absolute atomic E-state index is 13.9. The monoisotopic (exact) mass is 250 g/mol. The fraction of sp³-hybridized carbons (Fsp3) is 0.308. The Hall–Kier alpha value is -1.26. The number of nitrogens with zero attached hydrogens (tertiary/aromatic N) is 1. The lowest BCUT2D eigenvalue weighted by atomic mass is 10.1. The molecule has 2 nitrogen and oxygen atoms in total. The van der Waals surface area contributed by atoms with Crippen LogP contribution in [-0.2, 0) is 0 Å². The molecule has 0 fully saturated rings. The molecule has 17 heavy (non-hydrogen) atoms. The third-order valence-electron chi connectivity index (χ3n) is 2.81. The van der Waals surface area contributed by atoms with Gasteiger partial charge < -0.3 is 5.32 Å². The zero-order valence-electron chi connectivity index (χ0n) is 10.1. The largest absolute Gasteiger partial charge is 0.312 e. The second-order valence-electron chi connectivity index (χ2n) is 4.01. The Morgan fingerprint density at radius 1 is 1.41 bits per heavy atom. The number of halogens is 1. The van der Waals surface area contributed by atoms with E-state index in [1.165, 1.54) is 11.3 Å². The van der Waals surface area contributed by atoms with E-state index in [9.17, 15) is 4.39 Å². The van der Waals surface area contributed by atoms with Crippen LogP contribution in [0.3, 0.4) is 0 Å². The molecule has 1 aromatic carbocycles. The Morgan fingerprint density at radius 3 is 2.88 bits per heavy atom. The fourth-order valence-electron chi connectivity index (χ4n) is 1.57. The van der Waals surface area contributed by atoms with Crippen molar-refractivity contribution in [2.24, 2.45) is 0 Å². The lowest BCUT2D eigenvalue weighted by Gasteiger charge is -2.05. The molecule has 1 atom stereocenters. The van der Waals surface area contributed by atoms with Crippen LogP contribution in [0.25, 0.3) is 10.6 Å². The second kappa shape index (κ2) is 4.94. The first-order chi connectivity index (χ1) is 8.13. The molecule has 0 aliphatic carbocycles. The molecular weight excluding hydrogens is 235 g/mol. The quantitative estimate of drug-likeness (QED) is 0.901. The molecular formula is C13H15FN2S. The van der Waals surface area contributed by atoms with E-state index in [2.05, 4.69) is 17.2 Å². The molecule has 0 spiro atoms. The fourth-order valence-corrected chi connectivity index (χ4v) is 2.56. The number of benzene rings is 1. The number of aryl methyl sites for hydroxylation is 1. The van der Waals surface area contributed by atoms with Crippen LogP contribution in [0, 0.1) is 12.7 Å². The highest BCUT2D eigenvalue weighted by Gasteiger charge is 2.13. The van der Waals surface area contributed by atoms with Crippen LogP contribution in [0.4, 0.5) is 4.39 Å². The summed E-state index contributed by atoms with van der Waals surface area (Å²) in [4.78, 5) is 5.41. The summed E-state index contributed by atoms with van der Waals surface area (Å²) in [6.45, 7) is 3.83. The van der Waals surface area contributed by atoms with Crippen molar-refractivity contribution in [1.29, 1.82) is 0 Å². The van der Waals surface area contributed by atoms with Crippen LogP contribution < -0.4 is 5.32 Å². The van der Waals surface area contributed by atoms with E-state index < -0.39 is 0 Å². The van der Waals surface area contributed by atoms with Crippen LogP contribution in [0.5, 0.6) is 0 Å². The van der Waals surface area contributed by atoms with Crippen molar-refractivity contribution in [1.82, 2.24) is 10.3 Å². The molecule has 90 valence electrons. The van der Waals surface area contributed by atoms with E-state index in [1.54, 1.807) is 19.1 Å². The van der Waals surface area contributed by atoms with Crippen molar-refractivity contribution in [3.05, 3.63) is 40.7 Å². The molecule has 1 heterocycles. The van der Waals surface area contributed by atoms with Crippen LogP contribution in [0.2, 0.25) is 0 Å². The van der Waals surface area contributed by atoms with Gasteiger partial charge in [0.1, 0.15) is 10.8 Å². The van der Waals surface area contributed by atoms with Gasteiger partial charge in [-0.1, -0.05) is 12.1 Å². The Kier molecular flexibility index (Phi) is 3.54. The number of hydrogen-bond donors (Lipinski definition) is 1. The third-order valence-corrected chi connectivity index (χ3v) is 4.02. The summed E-state index contributed by atoms with van der Waals surface area (Å²) < 4.78 is 13.9. The van der Waals surface area contributed by atoms with Crippen LogP contribution in [0.15, 0.2) is 24.4 Å². The van der Waals surface area contributed by atoms with Crippen LogP contribution >= 0.6 is 11.3 Å². The molecule has 1 aromatic heterocycles. The van der Waals surface area contributed by atoms with E-state index in [0.29, 0.717) is 11.1 Å². The minimum atomic E-state index is -0.175. The zero-order chi connectivity index (χ0) is 12.4. The molecule has 0 radical (unpaired) electrons. The Bertz CT molecular complexity index is 522. The summed E-state index contributed by atoms with van der Waals surface area (Å²) in [5.74, 6) is -0.175. The van der Waals surface area contributed by atoms with Gasteiger partial charge in [0, 0.05) is 22.7 Å². The zero-order valence-corrected chi connectivity index (χ0v) is 10.9. The summed E-state index contributed by atoms with van der Waals surface area (Å²) in [6, 6.07) is 5.64. The number of aromatic nitrogens is 1. The smallest absolute Gasteiger partial charge is 0.136 e. The third kappa shape index (κ3) is 2.37. The van der Waals surface area contributed by atoms with Crippen molar-refractivity contribution >= 4 is 11.3 Å².